The molecule has 1 unspecified atom stereocenters. The molecule has 1 aromatic carbocycles. The largest absolute Gasteiger partial charge is 0.464 e. The Kier molecular flexibility index (Phi) is 4.76. The van der Waals surface area contributed by atoms with Gasteiger partial charge in [0.05, 0.1) is 23.2 Å². The average Bonchev–Trinajstić information content (AvgIpc) is 2.93. The first kappa shape index (κ1) is 15.5. The van der Waals surface area contributed by atoms with E-state index in [-0.39, 0.29) is 23.9 Å². The summed E-state index contributed by atoms with van der Waals surface area (Å²) in [7, 11) is 1.54. The summed E-state index contributed by atoms with van der Waals surface area (Å²) in [6.45, 7) is 2.10. The molecular weight excluding hydrogens is 286 g/mol. The summed E-state index contributed by atoms with van der Waals surface area (Å²) in [5.74, 6) is 1.37. The van der Waals surface area contributed by atoms with Crippen LogP contribution in [0.1, 0.15) is 23.1 Å². The molecule has 0 fully saturated rings. The van der Waals surface area contributed by atoms with Crippen LogP contribution in [0.25, 0.3) is 0 Å². The van der Waals surface area contributed by atoms with E-state index in [1.165, 1.54) is 25.3 Å². The molecule has 2 rings (SSSR count). The highest BCUT2D eigenvalue weighted by Gasteiger charge is 2.21. The first-order valence-electron chi connectivity index (χ1n) is 6.55. The number of nitro benzene ring substituents is 1. The normalized spacial score (nSPS) is 11.7. The van der Waals surface area contributed by atoms with Crippen molar-refractivity contribution in [1.82, 2.24) is 0 Å². The smallest absolute Gasteiger partial charge is 0.293 e. The highest BCUT2D eigenvalue weighted by molar-refractivity contribution is 5.64. The molecule has 0 radical (unpaired) electrons. The number of hydrogen-bond donors (Lipinski definition) is 1. The summed E-state index contributed by atoms with van der Waals surface area (Å²) in [5.41, 5.74) is 0.373. The van der Waals surface area contributed by atoms with Crippen LogP contribution in [0.2, 0.25) is 0 Å². The minimum Gasteiger partial charge on any atom is -0.464 e. The highest BCUT2D eigenvalue weighted by atomic mass is 16.6. The van der Waals surface area contributed by atoms with Crippen molar-refractivity contribution in [2.75, 3.05) is 19.0 Å². The molecule has 0 saturated carbocycles. The Bertz CT molecular complexity index is 718. The first-order chi connectivity index (χ1) is 10.5. The molecule has 0 amide bonds. The molecule has 0 aliphatic rings. The monoisotopic (exact) mass is 301 g/mol. The van der Waals surface area contributed by atoms with Gasteiger partial charge in [0.25, 0.3) is 5.69 Å². The summed E-state index contributed by atoms with van der Waals surface area (Å²) in [6.07, 6.45) is 0. The van der Waals surface area contributed by atoms with Gasteiger partial charge in [-0.15, -0.1) is 0 Å². The van der Waals surface area contributed by atoms with Crippen molar-refractivity contribution in [1.29, 1.82) is 5.26 Å². The topological polar surface area (TPSA) is 101 Å². The lowest BCUT2D eigenvalue weighted by atomic mass is 10.1. The number of methoxy groups -OCH3 is 1. The van der Waals surface area contributed by atoms with E-state index in [2.05, 4.69) is 5.32 Å². The van der Waals surface area contributed by atoms with Crippen LogP contribution >= 0.6 is 0 Å². The lowest BCUT2D eigenvalue weighted by Crippen LogP contribution is -2.16. The van der Waals surface area contributed by atoms with E-state index in [0.29, 0.717) is 11.4 Å². The molecule has 0 aliphatic heterocycles. The zero-order chi connectivity index (χ0) is 16.1. The Morgan fingerprint density at radius 1 is 1.45 bits per heavy atom. The van der Waals surface area contributed by atoms with Crippen molar-refractivity contribution in [2.45, 2.75) is 13.0 Å². The summed E-state index contributed by atoms with van der Waals surface area (Å²) in [5, 5.41) is 23.1. The molecule has 1 heterocycles. The van der Waals surface area contributed by atoms with Crippen molar-refractivity contribution in [3.63, 3.8) is 0 Å². The van der Waals surface area contributed by atoms with Gasteiger partial charge in [0.15, 0.2) is 0 Å². The van der Waals surface area contributed by atoms with Crippen molar-refractivity contribution in [2.24, 2.45) is 0 Å². The summed E-state index contributed by atoms with van der Waals surface area (Å²) in [4.78, 5) is 10.6. The van der Waals surface area contributed by atoms with Crippen LogP contribution in [0.3, 0.4) is 0 Å². The SMILES string of the molecule is COCC(Nc1ccc(C#N)cc1[N+](=O)[O-])c1ccc(C)o1. The van der Waals surface area contributed by atoms with Gasteiger partial charge in [-0.1, -0.05) is 0 Å². The maximum atomic E-state index is 11.2. The van der Waals surface area contributed by atoms with Crippen LogP contribution in [-0.2, 0) is 4.74 Å². The Hall–Kier alpha value is -2.85. The van der Waals surface area contributed by atoms with E-state index < -0.39 is 4.92 Å². The lowest BCUT2D eigenvalue weighted by Gasteiger charge is -2.17. The van der Waals surface area contributed by atoms with Gasteiger partial charge < -0.3 is 14.5 Å². The maximum absolute atomic E-state index is 11.2. The van der Waals surface area contributed by atoms with Gasteiger partial charge in [-0.25, -0.2) is 0 Å². The van der Waals surface area contributed by atoms with Crippen molar-refractivity contribution in [3.8, 4) is 6.07 Å². The molecule has 0 bridgehead atoms. The zero-order valence-electron chi connectivity index (χ0n) is 12.2. The minimum atomic E-state index is -0.527. The van der Waals surface area contributed by atoms with Gasteiger partial charge in [0.1, 0.15) is 23.2 Å². The third kappa shape index (κ3) is 3.42. The molecule has 0 saturated heterocycles. The number of furan rings is 1. The van der Waals surface area contributed by atoms with Crippen molar-refractivity contribution < 1.29 is 14.1 Å². The lowest BCUT2D eigenvalue weighted by molar-refractivity contribution is -0.384. The van der Waals surface area contributed by atoms with E-state index in [9.17, 15) is 10.1 Å². The van der Waals surface area contributed by atoms with E-state index in [1.54, 1.807) is 6.07 Å². The highest BCUT2D eigenvalue weighted by Crippen LogP contribution is 2.30. The average molecular weight is 301 g/mol. The van der Waals surface area contributed by atoms with E-state index in [1.807, 2.05) is 19.1 Å². The molecule has 1 aromatic heterocycles. The number of nitro groups is 1. The first-order valence-corrected chi connectivity index (χ1v) is 6.55. The van der Waals surface area contributed by atoms with Gasteiger partial charge in [0.2, 0.25) is 0 Å². The molecule has 1 N–H and O–H groups in total. The number of anilines is 1. The Morgan fingerprint density at radius 2 is 2.23 bits per heavy atom. The van der Waals surface area contributed by atoms with Crippen LogP contribution in [0.5, 0.6) is 0 Å². The molecule has 1 atom stereocenters. The second kappa shape index (κ2) is 6.74. The van der Waals surface area contributed by atoms with E-state index >= 15 is 0 Å². The van der Waals surface area contributed by atoms with Gasteiger partial charge in [-0.2, -0.15) is 5.26 Å². The summed E-state index contributed by atoms with van der Waals surface area (Å²) in [6, 6.07) is 9.39. The molecular formula is C15H15N3O4. The van der Waals surface area contributed by atoms with Crippen LogP contribution < -0.4 is 5.32 Å². The van der Waals surface area contributed by atoms with Gasteiger partial charge in [-0.3, -0.25) is 10.1 Å². The number of benzene rings is 1. The molecule has 0 spiro atoms. The predicted molar refractivity (Wildman–Crippen MR) is 79.5 cm³/mol. The van der Waals surface area contributed by atoms with Gasteiger partial charge in [0, 0.05) is 13.2 Å². The molecule has 114 valence electrons. The third-order valence-corrected chi connectivity index (χ3v) is 3.09. The fourth-order valence-corrected chi connectivity index (χ4v) is 2.06. The number of hydrogen-bond acceptors (Lipinski definition) is 6. The standard InChI is InChI=1S/C15H15N3O4/c1-10-3-6-15(22-10)13(9-21-2)17-12-5-4-11(8-16)7-14(12)18(19)20/h3-7,13,17H,9H2,1-2H3. The predicted octanol–water partition coefficient (Wildman–Crippen LogP) is 3.17. The Morgan fingerprint density at radius 3 is 2.77 bits per heavy atom. The number of ether oxygens (including phenoxy) is 1. The second-order valence-corrected chi connectivity index (χ2v) is 4.70. The molecule has 7 nitrogen and oxygen atoms in total. The van der Waals surface area contributed by atoms with Gasteiger partial charge >= 0.3 is 0 Å². The number of rotatable bonds is 6. The van der Waals surface area contributed by atoms with E-state index in [0.717, 1.165) is 5.76 Å². The quantitative estimate of drug-likeness (QED) is 0.649. The van der Waals surface area contributed by atoms with Crippen LogP contribution in [0.15, 0.2) is 34.7 Å². The Labute approximate surface area is 127 Å². The van der Waals surface area contributed by atoms with Crippen molar-refractivity contribution in [3.05, 3.63) is 57.5 Å². The molecule has 7 heteroatoms. The van der Waals surface area contributed by atoms with E-state index in [4.69, 9.17) is 14.4 Å². The second-order valence-electron chi connectivity index (χ2n) is 4.70. The third-order valence-electron chi connectivity index (χ3n) is 3.09. The zero-order valence-corrected chi connectivity index (χ0v) is 12.2. The van der Waals surface area contributed by atoms with Gasteiger partial charge in [-0.05, 0) is 31.2 Å². The van der Waals surface area contributed by atoms with Crippen LogP contribution in [0, 0.1) is 28.4 Å². The molecule has 2 aromatic rings. The summed E-state index contributed by atoms with van der Waals surface area (Å²) < 4.78 is 10.7. The van der Waals surface area contributed by atoms with Crippen molar-refractivity contribution >= 4 is 11.4 Å². The summed E-state index contributed by atoms with van der Waals surface area (Å²) >= 11 is 0. The number of nitrogens with one attached hydrogen (secondary N) is 1. The van der Waals surface area contributed by atoms with Crippen LogP contribution in [-0.4, -0.2) is 18.6 Å². The fourth-order valence-electron chi connectivity index (χ4n) is 2.06. The minimum absolute atomic E-state index is 0.163. The Balaban J connectivity index is 2.34. The van der Waals surface area contributed by atoms with Crippen LogP contribution in [0.4, 0.5) is 11.4 Å². The molecule has 0 aliphatic carbocycles. The number of nitriles is 1. The molecule has 22 heavy (non-hydrogen) atoms. The fraction of sp³-hybridized carbons (Fsp3) is 0.267. The maximum Gasteiger partial charge on any atom is 0.293 e. The number of nitrogens with zero attached hydrogens (tertiary/aromatic N) is 2. The number of aryl methyl sites for hydroxylation is 1.